The quantitative estimate of drug-likeness (QED) is 0.773. The normalized spacial score (nSPS) is 12.4. The third-order valence-corrected chi connectivity index (χ3v) is 2.86. The summed E-state index contributed by atoms with van der Waals surface area (Å²) in [4.78, 5) is 10.5. The maximum absolute atomic E-state index is 10.5. The number of benzene rings is 1. The number of carbonyl (C=O) groups excluding carboxylic acids is 1. The van der Waals surface area contributed by atoms with Crippen molar-refractivity contribution in [2.45, 2.75) is 52.4 Å². The van der Waals surface area contributed by atoms with E-state index in [1.807, 2.05) is 12.1 Å². The van der Waals surface area contributed by atoms with E-state index in [0.717, 1.165) is 5.69 Å². The largest absolute Gasteiger partial charge is 0.318 e. The van der Waals surface area contributed by atoms with Crippen LogP contribution in [0.2, 0.25) is 0 Å². The first-order valence-electron chi connectivity index (χ1n) is 5.94. The topological polar surface area (TPSA) is 29.1 Å². The summed E-state index contributed by atoms with van der Waals surface area (Å²) in [6.45, 7) is 13.0. The van der Waals surface area contributed by atoms with Crippen LogP contribution in [0.15, 0.2) is 18.2 Å². The summed E-state index contributed by atoms with van der Waals surface area (Å²) in [6.07, 6.45) is 1.74. The fourth-order valence-corrected chi connectivity index (χ4v) is 1.62. The van der Waals surface area contributed by atoms with Gasteiger partial charge in [-0.05, 0) is 34.1 Å². The van der Waals surface area contributed by atoms with Crippen LogP contribution in [0.5, 0.6) is 0 Å². The van der Waals surface area contributed by atoms with Crippen LogP contribution in [0.4, 0.5) is 5.69 Å². The molecule has 0 aliphatic heterocycles. The monoisotopic (exact) mass is 232 g/mol. The second-order valence-electron chi connectivity index (χ2n) is 6.53. The lowest BCUT2D eigenvalue weighted by atomic mass is 9.80. The van der Waals surface area contributed by atoms with Crippen LogP contribution in [-0.4, -0.2) is 6.41 Å². The third kappa shape index (κ3) is 3.58. The van der Waals surface area contributed by atoms with Gasteiger partial charge >= 0.3 is 6.41 Å². The molecule has 1 radical (unpaired) electrons. The molecule has 0 saturated carbocycles. The Labute approximate surface area is 104 Å². The van der Waals surface area contributed by atoms with Gasteiger partial charge in [-0.25, -0.2) is 0 Å². The lowest BCUT2D eigenvalue weighted by Gasteiger charge is -2.25. The molecule has 0 spiro atoms. The van der Waals surface area contributed by atoms with Gasteiger partial charge in [0.15, 0.2) is 0 Å². The Hall–Kier alpha value is -1.31. The van der Waals surface area contributed by atoms with E-state index in [2.05, 4.69) is 52.9 Å². The molecule has 1 amide bonds. The molecule has 1 aromatic rings. The molecule has 2 heteroatoms. The highest BCUT2D eigenvalue weighted by Gasteiger charge is 2.20. The molecule has 0 bridgehead atoms. The molecule has 1 aromatic carbocycles. The molecule has 0 unspecified atom stereocenters. The van der Waals surface area contributed by atoms with Crippen molar-refractivity contribution in [1.29, 1.82) is 0 Å². The number of nitrogens with one attached hydrogen (secondary N) is 1. The van der Waals surface area contributed by atoms with Gasteiger partial charge in [-0.1, -0.05) is 47.6 Å². The maximum Gasteiger partial charge on any atom is 0.314 e. The van der Waals surface area contributed by atoms with Gasteiger partial charge in [0.1, 0.15) is 0 Å². The minimum Gasteiger partial charge on any atom is -0.318 e. The van der Waals surface area contributed by atoms with Crippen LogP contribution in [0.25, 0.3) is 0 Å². The minimum absolute atomic E-state index is 0.0700. The zero-order valence-corrected chi connectivity index (χ0v) is 11.6. The summed E-state index contributed by atoms with van der Waals surface area (Å²) in [6, 6.07) is 6.25. The molecule has 0 saturated heterocycles. The Morgan fingerprint density at radius 2 is 1.29 bits per heavy atom. The molecule has 0 fully saturated rings. The lowest BCUT2D eigenvalue weighted by Crippen LogP contribution is -2.17. The summed E-state index contributed by atoms with van der Waals surface area (Å²) >= 11 is 0. The van der Waals surface area contributed by atoms with Crippen molar-refractivity contribution in [1.82, 2.24) is 0 Å². The van der Waals surface area contributed by atoms with E-state index < -0.39 is 0 Å². The summed E-state index contributed by atoms with van der Waals surface area (Å²) in [5.41, 5.74) is 3.41. The highest BCUT2D eigenvalue weighted by molar-refractivity contribution is 5.72. The van der Waals surface area contributed by atoms with Crippen molar-refractivity contribution >= 4 is 12.1 Å². The van der Waals surface area contributed by atoms with Gasteiger partial charge in [0.25, 0.3) is 0 Å². The summed E-state index contributed by atoms with van der Waals surface area (Å²) in [5, 5.41) is 2.63. The second kappa shape index (κ2) is 4.52. The molecular weight excluding hydrogens is 210 g/mol. The first-order chi connectivity index (χ1) is 7.64. The van der Waals surface area contributed by atoms with Gasteiger partial charge in [0.2, 0.25) is 0 Å². The molecule has 0 aliphatic rings. The summed E-state index contributed by atoms with van der Waals surface area (Å²) < 4.78 is 0. The second-order valence-corrected chi connectivity index (χ2v) is 6.53. The van der Waals surface area contributed by atoms with Crippen molar-refractivity contribution in [2.24, 2.45) is 0 Å². The number of anilines is 1. The van der Waals surface area contributed by atoms with Crippen molar-refractivity contribution in [3.63, 3.8) is 0 Å². The van der Waals surface area contributed by atoms with E-state index >= 15 is 0 Å². The molecular formula is C15H22NO. The maximum atomic E-state index is 10.5. The first-order valence-corrected chi connectivity index (χ1v) is 5.94. The molecule has 93 valence electrons. The molecule has 0 heterocycles. The average molecular weight is 232 g/mol. The van der Waals surface area contributed by atoms with Crippen molar-refractivity contribution < 1.29 is 4.79 Å². The van der Waals surface area contributed by atoms with E-state index in [1.165, 1.54) is 11.1 Å². The zero-order chi connectivity index (χ0) is 13.3. The molecule has 0 atom stereocenters. The highest BCUT2D eigenvalue weighted by atomic mass is 16.1. The Bertz CT molecular complexity index is 376. The van der Waals surface area contributed by atoms with Gasteiger partial charge in [-0.3, -0.25) is 4.79 Å². The highest BCUT2D eigenvalue weighted by Crippen LogP contribution is 2.31. The molecule has 0 aliphatic carbocycles. The predicted molar refractivity (Wildman–Crippen MR) is 73.2 cm³/mol. The van der Waals surface area contributed by atoms with Gasteiger partial charge in [-0.2, -0.15) is 0 Å². The average Bonchev–Trinajstić information content (AvgIpc) is 2.15. The van der Waals surface area contributed by atoms with Crippen molar-refractivity contribution in [2.75, 3.05) is 5.32 Å². The number of amides is 1. The Balaban J connectivity index is 3.34. The fourth-order valence-electron chi connectivity index (χ4n) is 1.62. The number of hydrogen-bond donors (Lipinski definition) is 1. The number of hydrogen-bond acceptors (Lipinski definition) is 1. The lowest BCUT2D eigenvalue weighted by molar-refractivity contribution is 0.559. The Morgan fingerprint density at radius 3 is 1.59 bits per heavy atom. The van der Waals surface area contributed by atoms with Crippen LogP contribution >= 0.6 is 0 Å². The van der Waals surface area contributed by atoms with Crippen LogP contribution in [0, 0.1) is 0 Å². The molecule has 1 rings (SSSR count). The SMILES string of the molecule is CC(C)(C)c1cc(N[C]=O)cc(C(C)(C)C)c1. The Morgan fingerprint density at radius 1 is 0.882 bits per heavy atom. The van der Waals surface area contributed by atoms with Gasteiger partial charge in [0, 0.05) is 5.69 Å². The standard InChI is InChI=1S/C15H22NO/c1-14(2,3)11-7-12(15(4,5)6)9-13(8-11)16-10-17/h7-9H,1-6H3,(H,16,17). The third-order valence-electron chi connectivity index (χ3n) is 2.86. The van der Waals surface area contributed by atoms with E-state index in [-0.39, 0.29) is 10.8 Å². The number of rotatable bonds is 2. The zero-order valence-electron chi connectivity index (χ0n) is 11.6. The Kier molecular flexibility index (Phi) is 3.65. The fraction of sp³-hybridized carbons (Fsp3) is 0.533. The molecule has 17 heavy (non-hydrogen) atoms. The van der Waals surface area contributed by atoms with Crippen LogP contribution in [0.3, 0.4) is 0 Å². The summed E-state index contributed by atoms with van der Waals surface area (Å²) in [7, 11) is 0. The first kappa shape index (κ1) is 13.8. The van der Waals surface area contributed by atoms with E-state index in [9.17, 15) is 4.79 Å². The van der Waals surface area contributed by atoms with Crippen molar-refractivity contribution in [3.05, 3.63) is 29.3 Å². The van der Waals surface area contributed by atoms with Crippen LogP contribution in [-0.2, 0) is 15.6 Å². The van der Waals surface area contributed by atoms with E-state index in [1.54, 1.807) is 6.41 Å². The van der Waals surface area contributed by atoms with Gasteiger partial charge in [0.05, 0.1) is 0 Å². The molecule has 0 aromatic heterocycles. The van der Waals surface area contributed by atoms with E-state index in [0.29, 0.717) is 0 Å². The summed E-state index contributed by atoms with van der Waals surface area (Å²) in [5.74, 6) is 0. The van der Waals surface area contributed by atoms with Crippen LogP contribution in [0.1, 0.15) is 52.7 Å². The van der Waals surface area contributed by atoms with E-state index in [4.69, 9.17) is 0 Å². The van der Waals surface area contributed by atoms with Gasteiger partial charge in [-0.15, -0.1) is 0 Å². The van der Waals surface area contributed by atoms with Crippen LogP contribution < -0.4 is 5.32 Å². The smallest absolute Gasteiger partial charge is 0.314 e. The molecule has 1 N–H and O–H groups in total. The minimum atomic E-state index is 0.0700. The molecule has 2 nitrogen and oxygen atoms in total. The van der Waals surface area contributed by atoms with Crippen molar-refractivity contribution in [3.8, 4) is 0 Å². The predicted octanol–water partition coefficient (Wildman–Crippen LogP) is 3.76. The van der Waals surface area contributed by atoms with Gasteiger partial charge < -0.3 is 5.32 Å².